The van der Waals surface area contributed by atoms with Gasteiger partial charge in [-0.05, 0) is 42.0 Å². The number of benzene rings is 2. The van der Waals surface area contributed by atoms with E-state index in [1.807, 2.05) is 13.8 Å². The number of primary amides is 1. The second kappa shape index (κ2) is 7.24. The van der Waals surface area contributed by atoms with E-state index in [-0.39, 0.29) is 5.91 Å². The molecule has 0 bridgehead atoms. The molecule has 0 fully saturated rings. The van der Waals surface area contributed by atoms with Crippen molar-refractivity contribution in [3.05, 3.63) is 69.2 Å². The summed E-state index contributed by atoms with van der Waals surface area (Å²) < 4.78 is 0. The van der Waals surface area contributed by atoms with Crippen molar-refractivity contribution in [1.29, 1.82) is 0 Å². The van der Waals surface area contributed by atoms with Crippen molar-refractivity contribution in [2.45, 2.75) is 19.3 Å². The number of carbonyl (C=O) groups is 2. The van der Waals surface area contributed by atoms with Gasteiger partial charge in [0.05, 0.1) is 0 Å². The molecule has 2 amide bonds. The Hall–Kier alpha value is -2.04. The Kier molecular flexibility index (Phi) is 5.52. The van der Waals surface area contributed by atoms with Crippen molar-refractivity contribution in [3.8, 4) is 0 Å². The van der Waals surface area contributed by atoms with Crippen LogP contribution in [0.3, 0.4) is 0 Å². The first-order valence-electron chi connectivity index (χ1n) is 7.35. The maximum absolute atomic E-state index is 12.3. The summed E-state index contributed by atoms with van der Waals surface area (Å²) in [4.78, 5) is 23.3. The van der Waals surface area contributed by atoms with E-state index in [0.717, 1.165) is 5.56 Å². The molecule has 2 rings (SSSR count). The van der Waals surface area contributed by atoms with Gasteiger partial charge in [-0.25, -0.2) is 0 Å². The van der Waals surface area contributed by atoms with Gasteiger partial charge in [-0.2, -0.15) is 0 Å². The first kappa shape index (κ1) is 18.3. The Bertz CT molecular complexity index is 751. The molecule has 0 heterocycles. The molecule has 0 atom stereocenters. The van der Waals surface area contributed by atoms with Crippen LogP contribution in [0.4, 0.5) is 0 Å². The largest absolute Gasteiger partial charge is 0.366 e. The molecule has 3 N–H and O–H groups in total. The van der Waals surface area contributed by atoms with Crippen molar-refractivity contribution in [2.24, 2.45) is 5.73 Å². The van der Waals surface area contributed by atoms with E-state index in [1.165, 1.54) is 12.1 Å². The molecule has 2 aromatic rings. The van der Waals surface area contributed by atoms with Gasteiger partial charge in [-0.3, -0.25) is 9.59 Å². The standard InChI is InChI=1S/C18H18Cl2N2O2/c1-18(2,15-13(19)4-3-5-14(15)20)10-22-17(24)12-8-6-11(7-9-12)16(21)23/h3-9H,10H2,1-2H3,(H2,21,23)(H,22,24). The number of hydrogen-bond donors (Lipinski definition) is 2. The van der Waals surface area contributed by atoms with Crippen LogP contribution in [0, 0.1) is 0 Å². The molecule has 126 valence electrons. The fourth-order valence-corrected chi connectivity index (χ4v) is 3.33. The second-order valence-electron chi connectivity index (χ2n) is 6.10. The Labute approximate surface area is 150 Å². The van der Waals surface area contributed by atoms with E-state index in [9.17, 15) is 9.59 Å². The Morgan fingerprint density at radius 3 is 2.00 bits per heavy atom. The lowest BCUT2D eigenvalue weighted by molar-refractivity contribution is 0.0943. The van der Waals surface area contributed by atoms with Crippen molar-refractivity contribution in [2.75, 3.05) is 6.54 Å². The lowest BCUT2D eigenvalue weighted by Gasteiger charge is -2.27. The minimum Gasteiger partial charge on any atom is -0.366 e. The topological polar surface area (TPSA) is 72.2 Å². The number of rotatable bonds is 5. The molecular formula is C18H18Cl2N2O2. The van der Waals surface area contributed by atoms with Crippen LogP contribution < -0.4 is 11.1 Å². The van der Waals surface area contributed by atoms with Crippen LogP contribution in [0.1, 0.15) is 40.1 Å². The van der Waals surface area contributed by atoms with Crippen LogP contribution in [-0.4, -0.2) is 18.4 Å². The Balaban J connectivity index is 2.11. The number of carbonyl (C=O) groups excluding carboxylic acids is 2. The number of amides is 2. The summed E-state index contributed by atoms with van der Waals surface area (Å²) in [7, 11) is 0. The predicted octanol–water partition coefficient (Wildman–Crippen LogP) is 3.80. The van der Waals surface area contributed by atoms with Gasteiger partial charge in [0.25, 0.3) is 5.91 Å². The predicted molar refractivity (Wildman–Crippen MR) is 96.8 cm³/mol. The van der Waals surface area contributed by atoms with Gasteiger partial charge >= 0.3 is 0 Å². The molecule has 4 nitrogen and oxygen atoms in total. The van der Waals surface area contributed by atoms with Gasteiger partial charge in [0.15, 0.2) is 0 Å². The summed E-state index contributed by atoms with van der Waals surface area (Å²) in [6.07, 6.45) is 0. The molecule has 2 aromatic carbocycles. The van der Waals surface area contributed by atoms with E-state index in [1.54, 1.807) is 30.3 Å². The number of nitrogens with two attached hydrogens (primary N) is 1. The van der Waals surface area contributed by atoms with Gasteiger partial charge in [-0.1, -0.05) is 43.1 Å². The summed E-state index contributed by atoms with van der Waals surface area (Å²) >= 11 is 12.5. The van der Waals surface area contributed by atoms with Gasteiger partial charge in [0.1, 0.15) is 0 Å². The average molecular weight is 365 g/mol. The third-order valence-electron chi connectivity index (χ3n) is 3.76. The van der Waals surface area contributed by atoms with E-state index in [0.29, 0.717) is 27.7 Å². The summed E-state index contributed by atoms with van der Waals surface area (Å²) in [6, 6.07) is 11.5. The first-order chi connectivity index (χ1) is 11.2. The van der Waals surface area contributed by atoms with Gasteiger partial charge < -0.3 is 11.1 Å². The highest BCUT2D eigenvalue weighted by atomic mass is 35.5. The van der Waals surface area contributed by atoms with E-state index in [4.69, 9.17) is 28.9 Å². The van der Waals surface area contributed by atoms with Crippen LogP contribution in [-0.2, 0) is 5.41 Å². The van der Waals surface area contributed by atoms with E-state index in [2.05, 4.69) is 5.32 Å². The molecule has 0 aliphatic carbocycles. The molecule has 0 saturated heterocycles. The van der Waals surface area contributed by atoms with Gasteiger partial charge in [0, 0.05) is 33.1 Å². The minimum atomic E-state index is -0.531. The van der Waals surface area contributed by atoms with Gasteiger partial charge in [0.2, 0.25) is 5.91 Å². The maximum Gasteiger partial charge on any atom is 0.251 e. The van der Waals surface area contributed by atoms with Crippen LogP contribution in [0.2, 0.25) is 10.0 Å². The van der Waals surface area contributed by atoms with Crippen molar-refractivity contribution < 1.29 is 9.59 Å². The number of halogens is 2. The highest BCUT2D eigenvalue weighted by molar-refractivity contribution is 6.36. The van der Waals surface area contributed by atoms with Crippen LogP contribution in [0.25, 0.3) is 0 Å². The van der Waals surface area contributed by atoms with Gasteiger partial charge in [-0.15, -0.1) is 0 Å². The summed E-state index contributed by atoms with van der Waals surface area (Å²) in [5.41, 5.74) is 6.33. The lowest BCUT2D eigenvalue weighted by Crippen LogP contribution is -2.37. The lowest BCUT2D eigenvalue weighted by atomic mass is 9.84. The third kappa shape index (κ3) is 4.08. The van der Waals surface area contributed by atoms with Crippen molar-refractivity contribution in [3.63, 3.8) is 0 Å². The highest BCUT2D eigenvalue weighted by Crippen LogP contribution is 2.35. The molecular weight excluding hydrogens is 347 g/mol. The molecule has 0 aromatic heterocycles. The summed E-state index contributed by atoms with van der Waals surface area (Å²) in [6.45, 7) is 4.26. The average Bonchev–Trinajstić information content (AvgIpc) is 2.52. The van der Waals surface area contributed by atoms with Crippen LogP contribution in [0.5, 0.6) is 0 Å². The van der Waals surface area contributed by atoms with Crippen molar-refractivity contribution >= 4 is 35.0 Å². The second-order valence-corrected chi connectivity index (χ2v) is 6.92. The normalized spacial score (nSPS) is 11.2. The fourth-order valence-electron chi connectivity index (χ4n) is 2.42. The molecule has 0 spiro atoms. The number of hydrogen-bond acceptors (Lipinski definition) is 2. The summed E-state index contributed by atoms with van der Waals surface area (Å²) in [5.74, 6) is -0.779. The zero-order chi connectivity index (χ0) is 17.9. The summed E-state index contributed by atoms with van der Waals surface area (Å²) in [5, 5.41) is 3.99. The van der Waals surface area contributed by atoms with Crippen molar-refractivity contribution in [1.82, 2.24) is 5.32 Å². The smallest absolute Gasteiger partial charge is 0.251 e. The van der Waals surface area contributed by atoms with E-state index < -0.39 is 11.3 Å². The minimum absolute atomic E-state index is 0.248. The molecule has 0 radical (unpaired) electrons. The SMILES string of the molecule is CC(C)(CNC(=O)c1ccc(C(N)=O)cc1)c1c(Cl)cccc1Cl. The first-order valence-corrected chi connectivity index (χ1v) is 8.10. The quantitative estimate of drug-likeness (QED) is 0.846. The monoisotopic (exact) mass is 364 g/mol. The molecule has 24 heavy (non-hydrogen) atoms. The molecule has 0 saturated carbocycles. The Morgan fingerprint density at radius 2 is 1.50 bits per heavy atom. The zero-order valence-corrected chi connectivity index (χ0v) is 14.9. The molecule has 0 aliphatic rings. The molecule has 6 heteroatoms. The highest BCUT2D eigenvalue weighted by Gasteiger charge is 2.26. The van der Waals surface area contributed by atoms with E-state index >= 15 is 0 Å². The number of nitrogens with one attached hydrogen (secondary N) is 1. The van der Waals surface area contributed by atoms with Crippen LogP contribution in [0.15, 0.2) is 42.5 Å². The molecule has 0 aliphatic heterocycles. The Morgan fingerprint density at radius 1 is 1.00 bits per heavy atom. The van der Waals surface area contributed by atoms with Crippen LogP contribution >= 0.6 is 23.2 Å². The zero-order valence-electron chi connectivity index (χ0n) is 13.4. The third-order valence-corrected chi connectivity index (χ3v) is 4.39. The fraction of sp³-hybridized carbons (Fsp3) is 0.222. The molecule has 0 unspecified atom stereocenters. The maximum atomic E-state index is 12.3.